The van der Waals surface area contributed by atoms with Crippen LogP contribution in [-0.4, -0.2) is 6.03 Å². The number of fused-ring (bicyclic) bond motifs is 2. The van der Waals surface area contributed by atoms with Crippen LogP contribution in [0.4, 0.5) is 10.5 Å². The lowest BCUT2D eigenvalue weighted by atomic mass is 9.74. The molecule has 2 aliphatic rings. The fourth-order valence-electron chi connectivity index (χ4n) is 3.85. The second-order valence-electron chi connectivity index (χ2n) is 6.57. The largest absolute Gasteiger partial charge is 0.453 e. The van der Waals surface area contributed by atoms with Crippen LogP contribution in [0.25, 0.3) is 0 Å². The third kappa shape index (κ3) is 2.78. The van der Waals surface area contributed by atoms with E-state index in [1.54, 1.807) is 30.3 Å². The Morgan fingerprint density at radius 1 is 1.00 bits per heavy atom. The average Bonchev–Trinajstić information content (AvgIpc) is 2.60. The molecule has 6 heteroatoms. The van der Waals surface area contributed by atoms with E-state index in [1.165, 1.54) is 6.07 Å². The summed E-state index contributed by atoms with van der Waals surface area (Å²) >= 11 is 6.36. The van der Waals surface area contributed by atoms with Gasteiger partial charge in [-0.05, 0) is 37.1 Å². The first-order valence-electron chi connectivity index (χ1n) is 8.45. The van der Waals surface area contributed by atoms with E-state index >= 15 is 0 Å². The van der Waals surface area contributed by atoms with Crippen LogP contribution in [0, 0.1) is 0 Å². The minimum absolute atomic E-state index is 0.184. The van der Waals surface area contributed by atoms with Crippen LogP contribution < -0.4 is 15.4 Å². The topological polar surface area (TPSA) is 70.3 Å². The Kier molecular flexibility index (Phi) is 3.96. The molecule has 2 aromatic carbocycles. The van der Waals surface area contributed by atoms with Gasteiger partial charge in [-0.25, -0.2) is 4.79 Å². The number of carbonyl (C=O) groups excluding carboxylic acids is 1. The number of halogens is 1. The molecular weight excluding hydrogens is 340 g/mol. The van der Waals surface area contributed by atoms with Gasteiger partial charge in [0.05, 0.1) is 16.2 Å². The highest BCUT2D eigenvalue weighted by Gasteiger charge is 2.43. The van der Waals surface area contributed by atoms with E-state index in [0.29, 0.717) is 16.5 Å². The lowest BCUT2D eigenvalue weighted by molar-refractivity contribution is 0.206. The van der Waals surface area contributed by atoms with E-state index in [9.17, 15) is 9.90 Å². The van der Waals surface area contributed by atoms with Gasteiger partial charge in [-0.2, -0.15) is 0 Å². The summed E-state index contributed by atoms with van der Waals surface area (Å²) in [4.78, 5) is 12.2. The number of ether oxygens (including phenoxy) is 1. The molecule has 1 saturated carbocycles. The van der Waals surface area contributed by atoms with Crippen molar-refractivity contribution >= 4 is 23.3 Å². The van der Waals surface area contributed by atoms with Gasteiger partial charge >= 0.3 is 6.03 Å². The van der Waals surface area contributed by atoms with Gasteiger partial charge in [-0.1, -0.05) is 43.0 Å². The molecule has 1 spiro atoms. The van der Waals surface area contributed by atoms with Crippen molar-refractivity contribution in [2.45, 2.75) is 37.6 Å². The molecular formula is C19H18ClN2O3. The Morgan fingerprint density at radius 3 is 2.52 bits per heavy atom. The molecule has 25 heavy (non-hydrogen) atoms. The molecule has 5 nitrogen and oxygen atoms in total. The third-order valence-electron chi connectivity index (χ3n) is 4.96. The van der Waals surface area contributed by atoms with E-state index in [2.05, 4.69) is 10.6 Å². The molecule has 1 heterocycles. The molecule has 0 atom stereocenters. The van der Waals surface area contributed by atoms with Crippen molar-refractivity contribution in [3.8, 4) is 17.2 Å². The van der Waals surface area contributed by atoms with Crippen molar-refractivity contribution in [3.63, 3.8) is 0 Å². The highest BCUT2D eigenvalue weighted by Crippen LogP contribution is 2.50. The highest BCUT2D eigenvalue weighted by molar-refractivity contribution is 6.34. The van der Waals surface area contributed by atoms with Gasteiger partial charge in [-0.15, -0.1) is 0 Å². The quantitative estimate of drug-likeness (QED) is 0.737. The molecule has 0 unspecified atom stereocenters. The van der Waals surface area contributed by atoms with Crippen LogP contribution in [0.1, 0.15) is 37.7 Å². The summed E-state index contributed by atoms with van der Waals surface area (Å²) in [5, 5.41) is 18.4. The molecule has 1 fully saturated rings. The summed E-state index contributed by atoms with van der Waals surface area (Å²) in [5.41, 5.74) is 0.907. The van der Waals surface area contributed by atoms with Crippen LogP contribution in [-0.2, 0) is 10.6 Å². The normalized spacial score (nSPS) is 18.2. The van der Waals surface area contributed by atoms with Crippen LogP contribution >= 0.6 is 11.6 Å². The van der Waals surface area contributed by atoms with Crippen LogP contribution in [0.15, 0.2) is 36.4 Å². The summed E-state index contributed by atoms with van der Waals surface area (Å²) in [6.07, 6.45) is 4.82. The van der Waals surface area contributed by atoms with Crippen molar-refractivity contribution in [3.05, 3.63) is 47.0 Å². The fourth-order valence-corrected chi connectivity index (χ4v) is 4.05. The fraction of sp³-hybridized carbons (Fsp3) is 0.316. The minimum atomic E-state index is -0.506. The van der Waals surface area contributed by atoms with Crippen molar-refractivity contribution in [2.24, 2.45) is 0 Å². The summed E-state index contributed by atoms with van der Waals surface area (Å²) in [5.74, 6) is 0.628. The van der Waals surface area contributed by atoms with Crippen molar-refractivity contribution in [1.82, 2.24) is 5.32 Å². The van der Waals surface area contributed by atoms with Gasteiger partial charge in [0.2, 0.25) is 5.75 Å². The van der Waals surface area contributed by atoms with Gasteiger partial charge in [0.15, 0.2) is 5.75 Å². The summed E-state index contributed by atoms with van der Waals surface area (Å²) < 4.78 is 5.96. The van der Waals surface area contributed by atoms with Gasteiger partial charge in [0.25, 0.3) is 0 Å². The molecule has 4 rings (SSSR count). The zero-order valence-electron chi connectivity index (χ0n) is 13.6. The number of para-hydroxylation sites is 2. The van der Waals surface area contributed by atoms with Crippen LogP contribution in [0.2, 0.25) is 5.02 Å². The molecule has 2 aromatic rings. The Balaban J connectivity index is 1.86. The van der Waals surface area contributed by atoms with Crippen molar-refractivity contribution in [1.29, 1.82) is 0 Å². The smallest absolute Gasteiger partial charge is 0.319 e. The number of rotatable bonds is 2. The highest BCUT2D eigenvalue weighted by atomic mass is 35.5. The predicted molar refractivity (Wildman–Crippen MR) is 95.0 cm³/mol. The number of nitrogens with one attached hydrogen (secondary N) is 2. The lowest BCUT2D eigenvalue weighted by Crippen LogP contribution is -2.52. The maximum Gasteiger partial charge on any atom is 0.319 e. The Bertz CT molecular complexity index is 831. The molecule has 0 aromatic heterocycles. The molecule has 129 valence electrons. The summed E-state index contributed by atoms with van der Waals surface area (Å²) in [7, 11) is 0. The van der Waals surface area contributed by atoms with Crippen molar-refractivity contribution < 1.29 is 14.6 Å². The Morgan fingerprint density at radius 2 is 1.76 bits per heavy atom. The SMILES string of the molecule is [O]c1ccccc1Oc1ccc(Cl)c2c1C1(CCCCC1)NC(=O)N2. The van der Waals surface area contributed by atoms with E-state index < -0.39 is 5.54 Å². The van der Waals surface area contributed by atoms with E-state index in [4.69, 9.17) is 16.3 Å². The summed E-state index contributed by atoms with van der Waals surface area (Å²) in [6, 6.07) is 9.75. The molecule has 1 aliphatic heterocycles. The van der Waals surface area contributed by atoms with E-state index in [-0.39, 0.29) is 17.5 Å². The number of amides is 2. The first-order chi connectivity index (χ1) is 12.1. The second kappa shape index (κ2) is 6.15. The van der Waals surface area contributed by atoms with E-state index in [0.717, 1.165) is 37.7 Å². The Hall–Kier alpha value is -2.40. The molecule has 1 aliphatic carbocycles. The second-order valence-corrected chi connectivity index (χ2v) is 6.97. The number of urea groups is 1. The van der Waals surface area contributed by atoms with E-state index in [1.807, 2.05) is 0 Å². The monoisotopic (exact) mass is 357 g/mol. The average molecular weight is 358 g/mol. The number of carbonyl (C=O) groups is 1. The number of benzene rings is 2. The van der Waals surface area contributed by atoms with Crippen molar-refractivity contribution in [2.75, 3.05) is 5.32 Å². The minimum Gasteiger partial charge on any atom is -0.453 e. The van der Waals surface area contributed by atoms with Gasteiger partial charge in [0, 0.05) is 5.56 Å². The predicted octanol–water partition coefficient (Wildman–Crippen LogP) is 5.57. The van der Waals surface area contributed by atoms with Gasteiger partial charge < -0.3 is 15.4 Å². The maximum absolute atomic E-state index is 12.2. The van der Waals surface area contributed by atoms with Gasteiger partial charge in [0.1, 0.15) is 5.75 Å². The number of hydrogen-bond acceptors (Lipinski definition) is 2. The number of hydrogen-bond donors (Lipinski definition) is 2. The summed E-state index contributed by atoms with van der Waals surface area (Å²) in [6.45, 7) is 0. The standard InChI is InChI=1S/C19H18ClN2O3/c20-12-8-9-15(25-14-7-3-2-6-13(14)23)16-17(12)21-18(24)22-19(16)10-4-1-5-11-19/h2-3,6-9H,1,4-5,10-11H2,(H2,21,22,24). The molecule has 2 amide bonds. The maximum atomic E-state index is 12.2. The first-order valence-corrected chi connectivity index (χ1v) is 8.83. The van der Waals surface area contributed by atoms with Crippen LogP contribution in [0.5, 0.6) is 17.2 Å². The first kappa shape index (κ1) is 16.1. The third-order valence-corrected chi connectivity index (χ3v) is 5.28. The molecule has 2 N–H and O–H groups in total. The lowest BCUT2D eigenvalue weighted by Gasteiger charge is -2.43. The number of anilines is 1. The zero-order chi connectivity index (χ0) is 17.4. The Labute approximate surface area is 151 Å². The molecule has 1 radical (unpaired) electrons. The van der Waals surface area contributed by atoms with Gasteiger partial charge in [-0.3, -0.25) is 5.11 Å². The zero-order valence-corrected chi connectivity index (χ0v) is 14.4. The van der Waals surface area contributed by atoms with Crippen LogP contribution in [0.3, 0.4) is 0 Å². The molecule has 0 bridgehead atoms. The molecule has 0 saturated heterocycles.